The van der Waals surface area contributed by atoms with E-state index in [9.17, 15) is 0 Å². The molecule has 4 nitrogen and oxygen atoms in total. The molecule has 0 atom stereocenters. The number of guanidine groups is 1. The average Bonchev–Trinajstić information content (AvgIpc) is 3.30. The van der Waals surface area contributed by atoms with Gasteiger partial charge in [0, 0.05) is 17.3 Å². The fraction of sp³-hybridized carbons (Fsp3) is 0.643. The van der Waals surface area contributed by atoms with Crippen molar-refractivity contribution in [1.82, 2.24) is 10.2 Å². The van der Waals surface area contributed by atoms with Gasteiger partial charge in [0.1, 0.15) is 0 Å². The predicted molar refractivity (Wildman–Crippen MR) is 154 cm³/mol. The predicted octanol–water partition coefficient (Wildman–Crippen LogP) is 8.68. The molecule has 0 radical (unpaired) electrons. The molecule has 0 aliphatic carbocycles. The van der Waals surface area contributed by atoms with Gasteiger partial charge in [0.25, 0.3) is 0 Å². The van der Waals surface area contributed by atoms with Crippen molar-refractivity contribution in [2.45, 2.75) is 103 Å². The zero-order valence-corrected chi connectivity index (χ0v) is 22.7. The van der Waals surface area contributed by atoms with Gasteiger partial charge < -0.3 is 10.6 Å². The molecule has 0 amide bonds. The summed E-state index contributed by atoms with van der Waals surface area (Å²) in [5, 5.41) is 7.86. The molecule has 1 aliphatic rings. The van der Waals surface area contributed by atoms with E-state index < -0.39 is 0 Å². The Kier molecular flexibility index (Phi) is 15.8. The van der Waals surface area contributed by atoms with E-state index in [2.05, 4.69) is 28.6 Å². The second-order valence-electron chi connectivity index (χ2n) is 9.23. The van der Waals surface area contributed by atoms with Crippen LogP contribution >= 0.6 is 23.8 Å². The number of thiocarbonyl (C=S) groups is 1. The van der Waals surface area contributed by atoms with Crippen molar-refractivity contribution in [2.75, 3.05) is 18.4 Å². The van der Waals surface area contributed by atoms with Crippen molar-refractivity contribution in [3.63, 3.8) is 0 Å². The minimum absolute atomic E-state index is 0.631. The normalized spacial score (nSPS) is 13.5. The third kappa shape index (κ3) is 12.8. The highest BCUT2D eigenvalue weighted by molar-refractivity contribution is 7.80. The lowest BCUT2D eigenvalue weighted by Gasteiger charge is -2.21. The molecule has 1 aliphatic heterocycles. The standard InChI is InChI=1S/C28H45ClN4S/c1-2-3-4-5-6-7-8-9-10-11-12-13-14-15-16-17-21-30-27-31-22-23-33(27)28(34)32-26-20-18-19-25(29)24-26/h17-21,24H,2-16,22-23H2,1H3,(H,30,31)(H,32,34). The maximum absolute atomic E-state index is 6.06. The lowest BCUT2D eigenvalue weighted by molar-refractivity contribution is 0.536. The number of rotatable bonds is 17. The molecule has 1 aromatic carbocycles. The van der Waals surface area contributed by atoms with Gasteiger partial charge in [-0.2, -0.15) is 0 Å². The Balaban J connectivity index is 1.44. The Morgan fingerprint density at radius 3 is 2.21 bits per heavy atom. The average molecular weight is 505 g/mol. The third-order valence-electron chi connectivity index (χ3n) is 6.22. The molecule has 6 heteroatoms. The van der Waals surface area contributed by atoms with Gasteiger partial charge in [0.05, 0.1) is 6.54 Å². The topological polar surface area (TPSA) is 39.7 Å². The van der Waals surface area contributed by atoms with Gasteiger partial charge in [-0.05, 0) is 49.5 Å². The van der Waals surface area contributed by atoms with E-state index in [1.54, 1.807) is 0 Å². The largest absolute Gasteiger partial charge is 0.333 e. The lowest BCUT2D eigenvalue weighted by Crippen LogP contribution is -2.42. The third-order valence-corrected chi connectivity index (χ3v) is 6.77. The Bertz CT molecular complexity index is 750. The maximum Gasteiger partial charge on any atom is 0.204 e. The zero-order chi connectivity index (χ0) is 24.3. The van der Waals surface area contributed by atoms with E-state index in [0.717, 1.165) is 31.2 Å². The number of benzene rings is 1. The highest BCUT2D eigenvalue weighted by atomic mass is 35.5. The summed E-state index contributed by atoms with van der Waals surface area (Å²) in [5.74, 6) is 0.803. The van der Waals surface area contributed by atoms with Crippen LogP contribution in [-0.4, -0.2) is 29.1 Å². The molecule has 1 aromatic rings. The van der Waals surface area contributed by atoms with Crippen molar-refractivity contribution in [1.29, 1.82) is 0 Å². The molecule has 0 fully saturated rings. The zero-order valence-electron chi connectivity index (χ0n) is 21.2. The smallest absolute Gasteiger partial charge is 0.204 e. The van der Waals surface area contributed by atoms with E-state index >= 15 is 0 Å². The monoisotopic (exact) mass is 504 g/mol. The molecule has 0 saturated heterocycles. The van der Waals surface area contributed by atoms with Crippen LogP contribution in [0.4, 0.5) is 5.69 Å². The van der Waals surface area contributed by atoms with Gasteiger partial charge in [-0.3, -0.25) is 9.89 Å². The van der Waals surface area contributed by atoms with Crippen LogP contribution in [0.15, 0.2) is 41.5 Å². The molecule has 190 valence electrons. The quantitative estimate of drug-likeness (QED) is 0.164. The number of unbranched alkanes of at least 4 members (excludes halogenated alkanes) is 14. The summed E-state index contributed by atoms with van der Waals surface area (Å²) in [6.07, 6.45) is 24.9. The number of anilines is 1. The number of nitrogens with zero attached hydrogens (tertiary/aromatic N) is 2. The molecule has 34 heavy (non-hydrogen) atoms. The van der Waals surface area contributed by atoms with Crippen molar-refractivity contribution < 1.29 is 0 Å². The first-order valence-electron chi connectivity index (χ1n) is 13.5. The summed E-state index contributed by atoms with van der Waals surface area (Å²) in [7, 11) is 0. The van der Waals surface area contributed by atoms with Gasteiger partial charge in [-0.1, -0.05) is 114 Å². The molecular weight excluding hydrogens is 460 g/mol. The Hall–Kier alpha value is -1.59. The molecule has 0 spiro atoms. The first-order chi connectivity index (χ1) is 16.7. The highest BCUT2D eigenvalue weighted by Crippen LogP contribution is 2.16. The van der Waals surface area contributed by atoms with Crippen LogP contribution in [0.25, 0.3) is 0 Å². The number of nitrogens with one attached hydrogen (secondary N) is 2. The fourth-order valence-electron chi connectivity index (χ4n) is 4.20. The van der Waals surface area contributed by atoms with Crippen LogP contribution in [0.2, 0.25) is 5.02 Å². The number of halogens is 1. The minimum atomic E-state index is 0.631. The molecule has 0 unspecified atom stereocenters. The summed E-state index contributed by atoms with van der Waals surface area (Å²) in [6.45, 7) is 3.81. The van der Waals surface area contributed by atoms with E-state index in [0.29, 0.717) is 10.1 Å². The summed E-state index contributed by atoms with van der Waals surface area (Å²) < 4.78 is 0. The van der Waals surface area contributed by atoms with Gasteiger partial charge in [0.2, 0.25) is 5.96 Å². The van der Waals surface area contributed by atoms with Crippen molar-refractivity contribution >= 4 is 40.6 Å². The van der Waals surface area contributed by atoms with Crippen LogP contribution in [0.3, 0.4) is 0 Å². The molecule has 1 heterocycles. The summed E-state index contributed by atoms with van der Waals surface area (Å²) in [5.41, 5.74) is 0.886. The first kappa shape index (κ1) is 28.6. The Morgan fingerprint density at radius 2 is 1.59 bits per heavy atom. The van der Waals surface area contributed by atoms with Crippen molar-refractivity contribution in [2.24, 2.45) is 4.99 Å². The van der Waals surface area contributed by atoms with Crippen molar-refractivity contribution in [3.8, 4) is 0 Å². The van der Waals surface area contributed by atoms with E-state index in [1.807, 2.05) is 35.4 Å². The summed E-state index contributed by atoms with van der Waals surface area (Å²) >= 11 is 11.6. The minimum Gasteiger partial charge on any atom is -0.333 e. The van der Waals surface area contributed by atoms with Gasteiger partial charge in [-0.25, -0.2) is 0 Å². The molecule has 0 bridgehead atoms. The van der Waals surface area contributed by atoms with Gasteiger partial charge in [-0.15, -0.1) is 0 Å². The van der Waals surface area contributed by atoms with Gasteiger partial charge >= 0.3 is 0 Å². The maximum atomic E-state index is 6.06. The molecular formula is C28H45ClN4S. The van der Waals surface area contributed by atoms with E-state index in [1.165, 1.54) is 89.9 Å². The molecule has 2 rings (SSSR count). The van der Waals surface area contributed by atoms with E-state index in [-0.39, 0.29) is 0 Å². The van der Waals surface area contributed by atoms with Crippen LogP contribution < -0.4 is 10.6 Å². The fourth-order valence-corrected chi connectivity index (χ4v) is 4.69. The van der Waals surface area contributed by atoms with Crippen LogP contribution in [0.1, 0.15) is 103 Å². The van der Waals surface area contributed by atoms with Crippen LogP contribution in [0, 0.1) is 0 Å². The van der Waals surface area contributed by atoms with E-state index in [4.69, 9.17) is 23.8 Å². The molecule has 2 N–H and O–H groups in total. The summed E-state index contributed by atoms with van der Waals surface area (Å²) in [6, 6.07) is 7.58. The molecule has 0 aromatic heterocycles. The van der Waals surface area contributed by atoms with Gasteiger partial charge in [0.15, 0.2) is 5.11 Å². The number of hydrogen-bond donors (Lipinski definition) is 2. The lowest BCUT2D eigenvalue weighted by atomic mass is 10.0. The number of allylic oxidation sites excluding steroid dienone is 1. The highest BCUT2D eigenvalue weighted by Gasteiger charge is 2.20. The Morgan fingerprint density at radius 1 is 0.971 bits per heavy atom. The molecule has 0 saturated carbocycles. The number of hydrogen-bond acceptors (Lipinski definition) is 3. The first-order valence-corrected chi connectivity index (χ1v) is 14.3. The number of aliphatic imine (C=N–C) groups is 1. The Labute approximate surface area is 218 Å². The second-order valence-corrected chi connectivity index (χ2v) is 10.1. The SMILES string of the molecule is CCCCCCCCCCCCCCCCC=CNC1=NCCN1C(=S)Nc1cccc(Cl)c1. The summed E-state index contributed by atoms with van der Waals surface area (Å²) in [4.78, 5) is 6.53. The van der Waals surface area contributed by atoms with Crippen LogP contribution in [-0.2, 0) is 0 Å². The van der Waals surface area contributed by atoms with Crippen LogP contribution in [0.5, 0.6) is 0 Å². The second kappa shape index (κ2) is 18.7. The van der Waals surface area contributed by atoms with Crippen molar-refractivity contribution in [3.05, 3.63) is 41.6 Å².